The molecule has 5 saturated heterocycles. The van der Waals surface area contributed by atoms with E-state index in [1.54, 1.807) is 21.6 Å². The minimum Gasteiger partial charge on any atom is -0.396 e. The van der Waals surface area contributed by atoms with E-state index in [1.807, 2.05) is 0 Å². The standard InChI is InChI=1S/C69H126N5O35P3/c1-46-53(38-49(39-75)62(84)61(46)83)99-32-8-5-14-56(80)72-23-17-50(18-24-72)107-110(89,90)102-35-11-29-96-43-69(42-95-4,44-97-30-12-36-103-111(91,92)108-51-19-25-73(26-20-51)57(81)15-6-9-33-100-67-59(70-47(2)78)65(87)63(85)54(40-76)105-67)45-98-31-13-37-104-112(93,94)109-52-21-27-74(28-22-52)58(82)16-7-10-34-101-68-60(71-48(3)79)66(88)64(86)55(41-77)106-68/h46,49-55,59-68,75-77,83-88H,5-45H2,1-4H3,(H,70,78)(H,71,79)(H,89,90)(H,91,92)(H,93,94). The van der Waals surface area contributed by atoms with Crippen molar-refractivity contribution in [3.8, 4) is 0 Å². The van der Waals surface area contributed by atoms with Crippen LogP contribution in [0.5, 0.6) is 0 Å². The zero-order valence-corrected chi connectivity index (χ0v) is 67.5. The van der Waals surface area contributed by atoms with Crippen LogP contribution in [0, 0.1) is 17.3 Å². The van der Waals surface area contributed by atoms with Crippen molar-refractivity contribution in [2.75, 3.05) is 152 Å². The first-order valence-electron chi connectivity index (χ1n) is 39.0. The van der Waals surface area contributed by atoms with E-state index in [0.717, 1.165) is 0 Å². The molecule has 1 aliphatic carbocycles. The van der Waals surface area contributed by atoms with Gasteiger partial charge in [0.15, 0.2) is 12.6 Å². The van der Waals surface area contributed by atoms with Gasteiger partial charge in [-0.3, -0.25) is 51.1 Å². The number of likely N-dealkylation sites (tertiary alicyclic amines) is 3. The molecule has 0 spiro atoms. The molecule has 40 nitrogen and oxygen atoms in total. The maximum absolute atomic E-state index is 13.1. The van der Waals surface area contributed by atoms with Gasteiger partial charge in [0.25, 0.3) is 0 Å². The van der Waals surface area contributed by atoms with Gasteiger partial charge in [-0.15, -0.1) is 0 Å². The number of amides is 5. The van der Waals surface area contributed by atoms with Crippen LogP contribution in [0.15, 0.2) is 0 Å². The van der Waals surface area contributed by atoms with Crippen LogP contribution in [0.1, 0.15) is 143 Å². The van der Waals surface area contributed by atoms with E-state index in [4.69, 9.17) is 69.8 Å². The Hall–Kier alpha value is -3.04. The fraction of sp³-hybridized carbons (Fsp3) is 0.928. The van der Waals surface area contributed by atoms with Gasteiger partial charge < -0.3 is 129 Å². The second kappa shape index (κ2) is 50.1. The Kier molecular flexibility index (Phi) is 43.8. The maximum Gasteiger partial charge on any atom is 0.472 e. The Bertz CT molecular complexity index is 2780. The van der Waals surface area contributed by atoms with Crippen LogP contribution in [0.3, 0.4) is 0 Å². The molecular weight excluding hydrogens is 1550 g/mol. The Morgan fingerprint density at radius 3 is 1.09 bits per heavy atom. The van der Waals surface area contributed by atoms with Gasteiger partial charge in [-0.2, -0.15) is 0 Å². The van der Waals surface area contributed by atoms with E-state index in [9.17, 15) is 98.3 Å². The topological polar surface area (TPSA) is 552 Å². The van der Waals surface area contributed by atoms with Crippen molar-refractivity contribution in [1.29, 1.82) is 0 Å². The number of aliphatic hydroxyl groups excluding tert-OH is 9. The summed E-state index contributed by atoms with van der Waals surface area (Å²) in [4.78, 5) is 99.6. The van der Waals surface area contributed by atoms with Crippen LogP contribution >= 0.6 is 23.5 Å². The lowest BCUT2D eigenvalue weighted by Crippen LogP contribution is -2.64. The summed E-state index contributed by atoms with van der Waals surface area (Å²) >= 11 is 0. The lowest BCUT2D eigenvalue weighted by molar-refractivity contribution is -0.270. The Morgan fingerprint density at radius 1 is 0.438 bits per heavy atom. The minimum atomic E-state index is -4.57. The van der Waals surface area contributed by atoms with E-state index in [-0.39, 0.29) is 206 Å². The number of hydrogen-bond acceptors (Lipinski definition) is 32. The Labute approximate surface area is 654 Å². The molecule has 14 N–H and O–H groups in total. The molecule has 6 aliphatic rings. The fourth-order valence-corrected chi connectivity index (χ4v) is 17.1. The number of piperidine rings is 3. The van der Waals surface area contributed by atoms with Crippen molar-refractivity contribution in [3.05, 3.63) is 0 Å². The van der Waals surface area contributed by atoms with Crippen LogP contribution in [0.4, 0.5) is 0 Å². The molecule has 0 aromatic heterocycles. The van der Waals surface area contributed by atoms with Crippen molar-refractivity contribution in [2.24, 2.45) is 17.3 Å². The molecule has 6 fully saturated rings. The molecule has 5 amide bonds. The van der Waals surface area contributed by atoms with Gasteiger partial charge in [-0.05, 0) is 103 Å². The second-order valence-electron chi connectivity index (χ2n) is 29.5. The highest BCUT2D eigenvalue weighted by atomic mass is 31.2. The largest absolute Gasteiger partial charge is 0.472 e. The number of carbonyl (C=O) groups excluding carboxylic acids is 5. The average molecular weight is 1680 g/mol. The summed E-state index contributed by atoms with van der Waals surface area (Å²) in [6.07, 6.45) is -9.02. The van der Waals surface area contributed by atoms with Crippen molar-refractivity contribution in [1.82, 2.24) is 25.3 Å². The number of hydrogen-bond donors (Lipinski definition) is 14. The van der Waals surface area contributed by atoms with Crippen molar-refractivity contribution in [2.45, 2.75) is 241 Å². The number of nitrogens with zero attached hydrogens (tertiary/aromatic N) is 3. The van der Waals surface area contributed by atoms with Gasteiger partial charge in [0.2, 0.25) is 29.5 Å². The number of unbranched alkanes of at least 4 members (excludes halogenated alkanes) is 3. The molecule has 0 radical (unpaired) electrons. The molecule has 0 aromatic carbocycles. The summed E-state index contributed by atoms with van der Waals surface area (Å²) in [5.41, 5.74) is -1.01. The predicted octanol–water partition coefficient (Wildman–Crippen LogP) is -0.600. The fourth-order valence-electron chi connectivity index (χ4n) is 14.1. The zero-order valence-electron chi connectivity index (χ0n) is 64.8. The predicted molar refractivity (Wildman–Crippen MR) is 390 cm³/mol. The summed E-state index contributed by atoms with van der Waals surface area (Å²) < 4.78 is 124. The molecule has 5 heterocycles. The number of aliphatic hydroxyl groups is 9. The molecule has 6 rings (SSSR count). The normalized spacial score (nSPS) is 29.4. The van der Waals surface area contributed by atoms with E-state index in [2.05, 4.69) is 10.6 Å². The first kappa shape index (κ1) is 97.8. The molecule has 43 heteroatoms. The van der Waals surface area contributed by atoms with E-state index in [1.165, 1.54) is 21.0 Å². The molecule has 1 saturated carbocycles. The molecule has 18 atom stereocenters. The lowest BCUT2D eigenvalue weighted by atomic mass is 9.77. The molecule has 0 bridgehead atoms. The van der Waals surface area contributed by atoms with Crippen molar-refractivity contribution >= 4 is 53.0 Å². The van der Waals surface area contributed by atoms with Crippen molar-refractivity contribution < 1.29 is 168 Å². The van der Waals surface area contributed by atoms with E-state index in [0.29, 0.717) is 77.5 Å². The summed E-state index contributed by atoms with van der Waals surface area (Å²) in [6, 6.07) is -2.19. The summed E-state index contributed by atoms with van der Waals surface area (Å²) in [5.74, 6) is -2.16. The third-order valence-corrected chi connectivity index (χ3v) is 23.7. The molecule has 5 aliphatic heterocycles. The van der Waals surface area contributed by atoms with Gasteiger partial charge in [-0.1, -0.05) is 6.92 Å². The first-order chi connectivity index (χ1) is 53.3. The first-order valence-corrected chi connectivity index (χ1v) is 43.5. The van der Waals surface area contributed by atoms with Crippen LogP contribution in [-0.2, 0) is 107 Å². The van der Waals surface area contributed by atoms with Gasteiger partial charge >= 0.3 is 23.5 Å². The third kappa shape index (κ3) is 33.6. The van der Waals surface area contributed by atoms with E-state index >= 15 is 0 Å². The second-order valence-corrected chi connectivity index (χ2v) is 33.7. The number of phosphoric ester groups is 3. The summed E-state index contributed by atoms with van der Waals surface area (Å²) in [6.45, 7) is 4.18. The molecule has 652 valence electrons. The van der Waals surface area contributed by atoms with Gasteiger partial charge in [0.1, 0.15) is 48.7 Å². The number of ether oxygens (including phenoxy) is 9. The number of rotatable bonds is 52. The van der Waals surface area contributed by atoms with Crippen LogP contribution in [-0.4, -0.2) is 355 Å². The highest BCUT2D eigenvalue weighted by Gasteiger charge is 2.48. The number of methoxy groups -OCH3 is 1. The highest BCUT2D eigenvalue weighted by molar-refractivity contribution is 7.48. The summed E-state index contributed by atoms with van der Waals surface area (Å²) in [5, 5.41) is 95.8. The smallest absolute Gasteiger partial charge is 0.396 e. The van der Waals surface area contributed by atoms with Crippen LogP contribution in [0.25, 0.3) is 0 Å². The number of nitrogens with one attached hydrogen (secondary N) is 2. The quantitative estimate of drug-likeness (QED) is 0.0267. The van der Waals surface area contributed by atoms with Gasteiger partial charge in [0, 0.05) is 138 Å². The molecule has 18 unspecified atom stereocenters. The highest BCUT2D eigenvalue weighted by Crippen LogP contribution is 2.48. The van der Waals surface area contributed by atoms with Crippen molar-refractivity contribution in [3.63, 3.8) is 0 Å². The molecular formula is C69H126N5O35P3. The monoisotopic (exact) mass is 1680 g/mol. The number of carbonyl (C=O) groups is 5. The Morgan fingerprint density at radius 2 is 0.777 bits per heavy atom. The molecule has 112 heavy (non-hydrogen) atoms. The Balaban J connectivity index is 0.889. The van der Waals surface area contributed by atoms with Crippen LogP contribution in [0.2, 0.25) is 0 Å². The molecule has 0 aromatic rings. The number of phosphoric acid groups is 3. The van der Waals surface area contributed by atoms with Crippen LogP contribution < -0.4 is 10.6 Å². The third-order valence-electron chi connectivity index (χ3n) is 20.4. The van der Waals surface area contributed by atoms with Gasteiger partial charge in [-0.25, -0.2) is 13.7 Å². The van der Waals surface area contributed by atoms with E-state index < -0.39 is 152 Å². The lowest BCUT2D eigenvalue weighted by Gasteiger charge is -2.42. The summed E-state index contributed by atoms with van der Waals surface area (Å²) in [7, 11) is -12.2. The SMILES string of the molecule is COCC(COCCCOP(=O)(O)OC1CCN(C(=O)CCCCOC2CC(CO)C(O)C(O)C2C)CC1)(COCCCOP(=O)(O)OC1CCN(C(=O)CCCCOC2OC(CO)C(O)C(O)C2NC(C)=O)CC1)COCCCOP(=O)(O)OC1CCN(C(=O)CCCCOC2OC(CO)C(O)C(O)C2NC(C)=O)CC1. The average Bonchev–Trinajstić information content (AvgIpc) is 0.829. The minimum absolute atomic E-state index is 0.0169. The zero-order chi connectivity index (χ0) is 82.0. The maximum atomic E-state index is 13.1. The van der Waals surface area contributed by atoms with Gasteiger partial charge in [0.05, 0.1) is 102 Å².